The van der Waals surface area contributed by atoms with Crippen LogP contribution in [0.5, 0.6) is 0 Å². The Balaban J connectivity index is 2.64. The predicted molar refractivity (Wildman–Crippen MR) is 73.6 cm³/mol. The number of hydrogen-bond donors (Lipinski definition) is 1. The van der Waals surface area contributed by atoms with Gasteiger partial charge in [0, 0.05) is 16.1 Å². The topological polar surface area (TPSA) is 38.9 Å². The normalized spacial score (nSPS) is 11.1. The highest BCUT2D eigenvalue weighted by Crippen LogP contribution is 2.27. The lowest BCUT2D eigenvalue weighted by Crippen LogP contribution is -2.02. The summed E-state index contributed by atoms with van der Waals surface area (Å²) in [5.74, 6) is 0. The second kappa shape index (κ2) is 5.03. The fraction of sp³-hybridized carbons (Fsp3) is 0.357. The number of pyridine rings is 1. The van der Waals surface area contributed by atoms with E-state index in [1.165, 1.54) is 10.9 Å². The zero-order valence-electron chi connectivity index (χ0n) is 10.3. The molecule has 0 aliphatic heterocycles. The zero-order chi connectivity index (χ0) is 12.4. The van der Waals surface area contributed by atoms with Crippen LogP contribution in [0.3, 0.4) is 0 Å². The summed E-state index contributed by atoms with van der Waals surface area (Å²) in [6.45, 7) is 4.75. The van der Waals surface area contributed by atoms with Crippen molar-refractivity contribution in [3.8, 4) is 0 Å². The average Bonchev–Trinajstić information content (AvgIpc) is 2.31. The Morgan fingerprint density at radius 2 is 2.06 bits per heavy atom. The van der Waals surface area contributed by atoms with Crippen LogP contribution in [0.2, 0.25) is 5.02 Å². The molecule has 0 saturated carbocycles. The molecule has 2 N–H and O–H groups in total. The van der Waals surface area contributed by atoms with E-state index in [4.69, 9.17) is 17.3 Å². The number of halogens is 1. The fourth-order valence-electron chi connectivity index (χ4n) is 2.12. The molecule has 1 aromatic heterocycles. The van der Waals surface area contributed by atoms with E-state index in [9.17, 15) is 0 Å². The number of nitrogens with zero attached hydrogens (tertiary/aromatic N) is 1. The van der Waals surface area contributed by atoms with Gasteiger partial charge in [-0.25, -0.2) is 0 Å². The Labute approximate surface area is 107 Å². The molecule has 1 aromatic carbocycles. The van der Waals surface area contributed by atoms with Gasteiger partial charge >= 0.3 is 0 Å². The molecule has 0 saturated heterocycles. The lowest BCUT2D eigenvalue weighted by atomic mass is 10.0. The van der Waals surface area contributed by atoms with E-state index in [0.29, 0.717) is 0 Å². The molecule has 0 unspecified atom stereocenters. The minimum Gasteiger partial charge on any atom is -0.330 e. The second-order valence-electron chi connectivity index (χ2n) is 4.38. The Bertz CT molecular complexity index is 549. The first-order chi connectivity index (χ1) is 8.13. The highest BCUT2D eigenvalue weighted by atomic mass is 35.5. The van der Waals surface area contributed by atoms with Crippen molar-refractivity contribution in [1.82, 2.24) is 4.98 Å². The summed E-state index contributed by atoms with van der Waals surface area (Å²) >= 11 is 6.14. The van der Waals surface area contributed by atoms with Gasteiger partial charge in [-0.05, 0) is 56.5 Å². The first kappa shape index (κ1) is 12.3. The van der Waals surface area contributed by atoms with Gasteiger partial charge in [-0.15, -0.1) is 0 Å². The molecule has 2 rings (SSSR count). The molecule has 0 atom stereocenters. The number of aromatic nitrogens is 1. The van der Waals surface area contributed by atoms with Gasteiger partial charge in [-0.1, -0.05) is 17.7 Å². The van der Waals surface area contributed by atoms with Crippen molar-refractivity contribution in [2.24, 2.45) is 5.73 Å². The van der Waals surface area contributed by atoms with Gasteiger partial charge in [0.15, 0.2) is 0 Å². The molecule has 0 fully saturated rings. The number of benzene rings is 1. The van der Waals surface area contributed by atoms with Gasteiger partial charge in [0.25, 0.3) is 0 Å². The number of rotatable bonds is 3. The maximum atomic E-state index is 6.14. The lowest BCUT2D eigenvalue weighted by Gasteiger charge is -2.10. The quantitative estimate of drug-likeness (QED) is 0.904. The predicted octanol–water partition coefficient (Wildman–Crippen LogP) is 3.40. The van der Waals surface area contributed by atoms with E-state index in [1.807, 2.05) is 19.9 Å². The van der Waals surface area contributed by atoms with Crippen LogP contribution in [0.15, 0.2) is 18.2 Å². The third-order valence-corrected chi connectivity index (χ3v) is 3.44. The Morgan fingerprint density at radius 1 is 1.29 bits per heavy atom. The van der Waals surface area contributed by atoms with Crippen LogP contribution in [0.1, 0.15) is 23.2 Å². The summed E-state index contributed by atoms with van der Waals surface area (Å²) in [5.41, 5.74) is 10.0. The third kappa shape index (κ3) is 2.43. The molecule has 0 aliphatic rings. The van der Waals surface area contributed by atoms with E-state index < -0.39 is 0 Å². The maximum Gasteiger partial charge on any atom is 0.0751 e. The molecule has 1 heterocycles. The molecular formula is C14H17ClN2. The van der Waals surface area contributed by atoms with Crippen LogP contribution < -0.4 is 5.73 Å². The molecule has 0 amide bonds. The summed E-state index contributed by atoms with van der Waals surface area (Å²) in [6, 6.07) is 6.15. The van der Waals surface area contributed by atoms with Crippen molar-refractivity contribution >= 4 is 22.5 Å². The lowest BCUT2D eigenvalue weighted by molar-refractivity contribution is 0.835. The summed E-state index contributed by atoms with van der Waals surface area (Å²) in [5, 5.41) is 1.98. The Morgan fingerprint density at radius 3 is 2.76 bits per heavy atom. The first-order valence-electron chi connectivity index (χ1n) is 5.89. The first-order valence-corrected chi connectivity index (χ1v) is 6.26. The van der Waals surface area contributed by atoms with Crippen LogP contribution in [0, 0.1) is 13.8 Å². The van der Waals surface area contributed by atoms with Crippen molar-refractivity contribution in [3.63, 3.8) is 0 Å². The minimum absolute atomic E-state index is 0.718. The summed E-state index contributed by atoms with van der Waals surface area (Å²) < 4.78 is 0. The molecule has 17 heavy (non-hydrogen) atoms. The number of fused-ring (bicyclic) bond motifs is 1. The zero-order valence-corrected chi connectivity index (χ0v) is 11.0. The highest BCUT2D eigenvalue weighted by Gasteiger charge is 2.08. The average molecular weight is 249 g/mol. The Kier molecular flexibility index (Phi) is 3.65. The third-order valence-electron chi connectivity index (χ3n) is 3.03. The van der Waals surface area contributed by atoms with Crippen LogP contribution in [0.4, 0.5) is 0 Å². The number of hydrogen-bond acceptors (Lipinski definition) is 2. The number of aryl methyl sites for hydroxylation is 3. The summed E-state index contributed by atoms with van der Waals surface area (Å²) in [7, 11) is 0. The van der Waals surface area contributed by atoms with Gasteiger partial charge in [0.1, 0.15) is 0 Å². The molecular weight excluding hydrogens is 232 g/mol. The van der Waals surface area contributed by atoms with Gasteiger partial charge in [0.05, 0.1) is 5.52 Å². The Hall–Kier alpha value is -1.12. The molecule has 0 bridgehead atoms. The van der Waals surface area contributed by atoms with Gasteiger partial charge in [-0.3, -0.25) is 4.98 Å². The summed E-state index contributed by atoms with van der Waals surface area (Å²) in [4.78, 5) is 4.59. The minimum atomic E-state index is 0.718. The fourth-order valence-corrected chi connectivity index (χ4v) is 2.27. The maximum absolute atomic E-state index is 6.14. The van der Waals surface area contributed by atoms with Crippen molar-refractivity contribution in [2.45, 2.75) is 26.7 Å². The van der Waals surface area contributed by atoms with Crippen molar-refractivity contribution in [2.75, 3.05) is 6.54 Å². The summed E-state index contributed by atoms with van der Waals surface area (Å²) in [6.07, 6.45) is 2.00. The molecule has 2 aromatic rings. The van der Waals surface area contributed by atoms with Crippen LogP contribution in [0.25, 0.3) is 10.9 Å². The molecule has 2 nitrogen and oxygen atoms in total. The second-order valence-corrected chi connectivity index (χ2v) is 4.79. The number of nitrogens with two attached hydrogens (primary N) is 1. The van der Waals surface area contributed by atoms with Crippen molar-refractivity contribution < 1.29 is 0 Å². The van der Waals surface area contributed by atoms with E-state index in [0.717, 1.165) is 41.2 Å². The van der Waals surface area contributed by atoms with Crippen molar-refractivity contribution in [1.29, 1.82) is 0 Å². The smallest absolute Gasteiger partial charge is 0.0751 e. The van der Waals surface area contributed by atoms with Gasteiger partial charge in [-0.2, -0.15) is 0 Å². The van der Waals surface area contributed by atoms with E-state index >= 15 is 0 Å². The highest BCUT2D eigenvalue weighted by molar-refractivity contribution is 6.32. The molecule has 90 valence electrons. The van der Waals surface area contributed by atoms with E-state index in [-0.39, 0.29) is 0 Å². The molecule has 0 spiro atoms. The van der Waals surface area contributed by atoms with Crippen molar-refractivity contribution in [3.05, 3.63) is 40.0 Å². The van der Waals surface area contributed by atoms with Crippen LogP contribution in [-0.2, 0) is 6.42 Å². The van der Waals surface area contributed by atoms with Gasteiger partial charge < -0.3 is 5.73 Å². The van der Waals surface area contributed by atoms with E-state index in [2.05, 4.69) is 17.1 Å². The molecule has 3 heteroatoms. The SMILES string of the molecule is Cc1cc(CCCN)c2ccc(Cl)c(C)c2n1. The van der Waals surface area contributed by atoms with Crippen LogP contribution in [-0.4, -0.2) is 11.5 Å². The van der Waals surface area contributed by atoms with Crippen LogP contribution >= 0.6 is 11.6 Å². The largest absolute Gasteiger partial charge is 0.330 e. The molecule has 0 aliphatic carbocycles. The molecule has 0 radical (unpaired) electrons. The monoisotopic (exact) mass is 248 g/mol. The van der Waals surface area contributed by atoms with E-state index in [1.54, 1.807) is 0 Å². The van der Waals surface area contributed by atoms with Gasteiger partial charge in [0.2, 0.25) is 0 Å². The standard InChI is InChI=1S/C14H17ClN2/c1-9-8-11(4-3-7-16)12-5-6-13(15)10(2)14(12)17-9/h5-6,8H,3-4,7,16H2,1-2H3.